The van der Waals surface area contributed by atoms with Crippen LogP contribution in [0.15, 0.2) is 42.0 Å². The molecule has 1 N–H and O–H groups in total. The molecule has 0 saturated heterocycles. The van der Waals surface area contributed by atoms with Crippen LogP contribution in [-0.2, 0) is 20.7 Å². The molecule has 2 rings (SSSR count). The molecule has 1 aromatic rings. The van der Waals surface area contributed by atoms with Gasteiger partial charge in [0.05, 0.1) is 6.10 Å². The molecular weight excluding hydrogens is 389 g/mol. The van der Waals surface area contributed by atoms with Gasteiger partial charge in [0.15, 0.2) is 11.4 Å². The number of halogens is 3. The molecule has 1 aliphatic carbocycles. The summed E-state index contributed by atoms with van der Waals surface area (Å²) in [5.41, 5.74) is 0.616. The molecule has 0 fully saturated rings. The van der Waals surface area contributed by atoms with Crippen molar-refractivity contribution in [3.8, 4) is 5.75 Å². The van der Waals surface area contributed by atoms with Crippen molar-refractivity contribution in [3.05, 3.63) is 53.1 Å². The number of allylic oxidation sites excluding steroid dienone is 2. The van der Waals surface area contributed by atoms with Crippen molar-refractivity contribution in [3.63, 3.8) is 0 Å². The molecule has 8 heteroatoms. The van der Waals surface area contributed by atoms with Crippen LogP contribution >= 0.6 is 0 Å². The van der Waals surface area contributed by atoms with Crippen LogP contribution in [0.25, 0.3) is 0 Å². The molecule has 0 amide bonds. The van der Waals surface area contributed by atoms with Gasteiger partial charge in [-0.15, -0.1) is 13.2 Å². The highest BCUT2D eigenvalue weighted by Crippen LogP contribution is 2.26. The number of ether oxygens (including phenoxy) is 2. The Morgan fingerprint density at radius 1 is 1.24 bits per heavy atom. The minimum atomic E-state index is -4.71. The summed E-state index contributed by atoms with van der Waals surface area (Å²) in [7, 11) is 0. The summed E-state index contributed by atoms with van der Waals surface area (Å²) < 4.78 is 46.1. The predicted molar refractivity (Wildman–Crippen MR) is 99.6 cm³/mol. The van der Waals surface area contributed by atoms with Gasteiger partial charge >= 0.3 is 12.3 Å². The first-order valence-electron chi connectivity index (χ1n) is 9.05. The number of aliphatic carboxylic acids is 1. The fourth-order valence-electron chi connectivity index (χ4n) is 2.77. The van der Waals surface area contributed by atoms with E-state index in [0.717, 1.165) is 11.1 Å². The van der Waals surface area contributed by atoms with Gasteiger partial charge in [-0.3, -0.25) is 9.53 Å². The Kier molecular flexibility index (Phi) is 6.89. The molecule has 5 nitrogen and oxygen atoms in total. The van der Waals surface area contributed by atoms with E-state index in [4.69, 9.17) is 9.84 Å². The lowest BCUT2D eigenvalue weighted by Gasteiger charge is -2.23. The third kappa shape index (κ3) is 6.74. The smallest absolute Gasteiger partial charge is 0.478 e. The maximum atomic E-state index is 12.3. The molecule has 0 saturated carbocycles. The van der Waals surface area contributed by atoms with E-state index in [1.807, 2.05) is 6.07 Å². The van der Waals surface area contributed by atoms with Gasteiger partial charge in [0, 0.05) is 12.0 Å². The number of carboxylic acids is 1. The second-order valence-electron chi connectivity index (χ2n) is 7.30. The number of hydrogen-bond acceptors (Lipinski definition) is 4. The molecule has 1 aromatic carbocycles. The Bertz CT molecular complexity index is 837. The Balaban J connectivity index is 1.92. The van der Waals surface area contributed by atoms with E-state index in [2.05, 4.69) is 4.74 Å². The number of ketones is 1. The van der Waals surface area contributed by atoms with Crippen molar-refractivity contribution in [2.45, 2.75) is 58.1 Å². The van der Waals surface area contributed by atoms with Gasteiger partial charge < -0.3 is 9.84 Å². The summed E-state index contributed by atoms with van der Waals surface area (Å²) in [6, 6.07) is 5.24. The van der Waals surface area contributed by atoms with Crippen LogP contribution in [0.1, 0.15) is 37.8 Å². The van der Waals surface area contributed by atoms with Crippen LogP contribution in [0.3, 0.4) is 0 Å². The van der Waals surface area contributed by atoms with E-state index in [-0.39, 0.29) is 18.6 Å². The predicted octanol–water partition coefficient (Wildman–Crippen LogP) is 4.53. The number of aryl methyl sites for hydroxylation is 2. The molecule has 0 aromatic heterocycles. The maximum absolute atomic E-state index is 12.3. The largest absolute Gasteiger partial charge is 0.523 e. The maximum Gasteiger partial charge on any atom is 0.523 e. The fraction of sp³-hybridized carbons (Fsp3) is 0.429. The Labute approximate surface area is 166 Å². The fourth-order valence-corrected chi connectivity index (χ4v) is 2.77. The van der Waals surface area contributed by atoms with E-state index in [9.17, 15) is 22.8 Å². The number of alkyl halides is 3. The summed E-state index contributed by atoms with van der Waals surface area (Å²) in [4.78, 5) is 23.5. The number of rotatable bonds is 8. The van der Waals surface area contributed by atoms with Gasteiger partial charge in [0.2, 0.25) is 0 Å². The standard InChI is InChI=1S/C21H23F3O5/c1-13-12-14(5-11-18(13)29-20(2,3)19(26)27)4-10-17(25)15-6-8-16(9-7-15)28-21(22,23)24/h5-8,11-12,16H,4,9-10H2,1-3H3,(H,26,27). The average molecular weight is 412 g/mol. The molecule has 0 radical (unpaired) electrons. The second kappa shape index (κ2) is 8.82. The number of Topliss-reactive ketones (excluding diaryl/α,β-unsaturated/α-hetero) is 1. The number of carboxylic acid groups (broad SMARTS) is 1. The van der Waals surface area contributed by atoms with Crippen LogP contribution in [0.5, 0.6) is 5.75 Å². The van der Waals surface area contributed by atoms with E-state index in [0.29, 0.717) is 17.7 Å². The van der Waals surface area contributed by atoms with Gasteiger partial charge in [-0.1, -0.05) is 30.4 Å². The van der Waals surface area contributed by atoms with Gasteiger partial charge in [0.25, 0.3) is 0 Å². The van der Waals surface area contributed by atoms with Gasteiger partial charge in [-0.2, -0.15) is 0 Å². The summed E-state index contributed by atoms with van der Waals surface area (Å²) in [5.74, 6) is -0.805. The molecule has 1 unspecified atom stereocenters. The highest BCUT2D eigenvalue weighted by Gasteiger charge is 2.33. The Hall–Kier alpha value is -2.61. The normalized spacial score (nSPS) is 17.0. The molecule has 158 valence electrons. The zero-order valence-corrected chi connectivity index (χ0v) is 16.4. The molecule has 29 heavy (non-hydrogen) atoms. The van der Waals surface area contributed by atoms with Gasteiger partial charge in [0.1, 0.15) is 5.75 Å². The lowest BCUT2D eigenvalue weighted by molar-refractivity contribution is -0.336. The number of hydrogen-bond donors (Lipinski definition) is 1. The zero-order valence-electron chi connectivity index (χ0n) is 16.4. The first-order valence-corrected chi connectivity index (χ1v) is 9.05. The van der Waals surface area contributed by atoms with Gasteiger partial charge in [-0.05, 0) is 50.8 Å². The minimum absolute atomic E-state index is 0.0123. The monoisotopic (exact) mass is 412 g/mol. The van der Waals surface area contributed by atoms with Crippen LogP contribution < -0.4 is 4.74 Å². The van der Waals surface area contributed by atoms with Crippen molar-refractivity contribution in [1.29, 1.82) is 0 Å². The minimum Gasteiger partial charge on any atom is -0.478 e. The molecule has 0 bridgehead atoms. The van der Waals surface area contributed by atoms with Crippen LogP contribution in [0, 0.1) is 6.92 Å². The zero-order chi connectivity index (χ0) is 21.8. The second-order valence-corrected chi connectivity index (χ2v) is 7.30. The molecule has 0 spiro atoms. The lowest BCUT2D eigenvalue weighted by atomic mass is 9.97. The van der Waals surface area contributed by atoms with Crippen molar-refractivity contribution in [1.82, 2.24) is 0 Å². The molecule has 0 aliphatic heterocycles. The van der Waals surface area contributed by atoms with Crippen molar-refractivity contribution >= 4 is 11.8 Å². The first kappa shape index (κ1) is 22.7. The summed E-state index contributed by atoms with van der Waals surface area (Å²) in [5, 5.41) is 9.15. The average Bonchev–Trinajstić information content (AvgIpc) is 2.61. The third-order valence-corrected chi connectivity index (χ3v) is 4.43. The topological polar surface area (TPSA) is 72.8 Å². The highest BCUT2D eigenvalue weighted by molar-refractivity contribution is 5.98. The van der Waals surface area contributed by atoms with Crippen molar-refractivity contribution in [2.75, 3.05) is 0 Å². The lowest BCUT2D eigenvalue weighted by Crippen LogP contribution is -2.38. The first-order chi connectivity index (χ1) is 13.4. The van der Waals surface area contributed by atoms with Crippen LogP contribution in [0.2, 0.25) is 0 Å². The number of benzene rings is 1. The van der Waals surface area contributed by atoms with Gasteiger partial charge in [-0.25, -0.2) is 4.79 Å². The van der Waals surface area contributed by atoms with E-state index < -0.39 is 24.0 Å². The number of carbonyl (C=O) groups is 2. The summed E-state index contributed by atoms with van der Waals surface area (Å²) >= 11 is 0. The SMILES string of the molecule is Cc1cc(CCC(=O)C2=CCC(OC(F)(F)F)C=C2)ccc1OC(C)(C)C(=O)O. The Morgan fingerprint density at radius 3 is 2.45 bits per heavy atom. The number of carbonyl (C=O) groups excluding carboxylic acids is 1. The summed E-state index contributed by atoms with van der Waals surface area (Å²) in [6.45, 7) is 4.69. The van der Waals surface area contributed by atoms with Crippen molar-refractivity contribution < 1.29 is 37.3 Å². The summed E-state index contributed by atoms with van der Waals surface area (Å²) in [6.07, 6.45) is -1.15. The molecule has 1 atom stereocenters. The van der Waals surface area contributed by atoms with Crippen molar-refractivity contribution in [2.24, 2.45) is 0 Å². The quantitative estimate of drug-likeness (QED) is 0.679. The molecule has 1 aliphatic rings. The van der Waals surface area contributed by atoms with E-state index >= 15 is 0 Å². The van der Waals surface area contributed by atoms with E-state index in [1.54, 1.807) is 19.1 Å². The Morgan fingerprint density at radius 2 is 1.93 bits per heavy atom. The van der Waals surface area contributed by atoms with E-state index in [1.165, 1.54) is 32.1 Å². The van der Waals surface area contributed by atoms with Crippen LogP contribution in [-0.4, -0.2) is 34.9 Å². The highest BCUT2D eigenvalue weighted by atomic mass is 19.4. The molecular formula is C21H23F3O5. The third-order valence-electron chi connectivity index (χ3n) is 4.43. The van der Waals surface area contributed by atoms with Crippen LogP contribution in [0.4, 0.5) is 13.2 Å². The molecule has 0 heterocycles.